The Hall–Kier alpha value is -1.08. The SMILES string of the molecule is COC(=O)N[C@@H](CCO[Si](C)(C)C(C)(C)C)C(=O)O. The third-order valence-electron chi connectivity index (χ3n) is 3.45. The summed E-state index contributed by atoms with van der Waals surface area (Å²) in [6.07, 6.45) is -0.531. The second-order valence-electron chi connectivity index (χ2n) is 5.92. The van der Waals surface area contributed by atoms with Gasteiger partial charge < -0.3 is 19.6 Å². The van der Waals surface area contributed by atoms with E-state index in [1.807, 2.05) is 0 Å². The quantitative estimate of drug-likeness (QED) is 0.733. The van der Waals surface area contributed by atoms with Crippen LogP contribution >= 0.6 is 0 Å². The number of hydrogen-bond donors (Lipinski definition) is 2. The van der Waals surface area contributed by atoms with Crippen LogP contribution in [0.5, 0.6) is 0 Å². The van der Waals surface area contributed by atoms with Gasteiger partial charge in [-0.25, -0.2) is 9.59 Å². The summed E-state index contributed by atoms with van der Waals surface area (Å²) in [5, 5.41) is 11.3. The number of methoxy groups -OCH3 is 1. The largest absolute Gasteiger partial charge is 0.480 e. The van der Waals surface area contributed by atoms with E-state index in [9.17, 15) is 9.59 Å². The first-order chi connectivity index (χ1) is 8.51. The number of hydrogen-bond acceptors (Lipinski definition) is 4. The van der Waals surface area contributed by atoms with E-state index in [1.165, 1.54) is 7.11 Å². The molecule has 19 heavy (non-hydrogen) atoms. The van der Waals surface area contributed by atoms with Crippen LogP contribution in [0.25, 0.3) is 0 Å². The molecule has 112 valence electrons. The zero-order chi connectivity index (χ0) is 15.3. The van der Waals surface area contributed by atoms with Gasteiger partial charge in [-0.05, 0) is 18.1 Å². The lowest BCUT2D eigenvalue weighted by molar-refractivity contribution is -0.139. The molecule has 7 heteroatoms. The molecule has 0 saturated heterocycles. The maximum absolute atomic E-state index is 11.0. The minimum atomic E-state index is -1.89. The van der Waals surface area contributed by atoms with Crippen molar-refractivity contribution in [2.45, 2.75) is 51.4 Å². The molecule has 0 radical (unpaired) electrons. The summed E-state index contributed by atoms with van der Waals surface area (Å²) in [6, 6.07) is -0.989. The minimum absolute atomic E-state index is 0.0709. The summed E-state index contributed by atoms with van der Waals surface area (Å²) >= 11 is 0. The maximum Gasteiger partial charge on any atom is 0.407 e. The Kier molecular flexibility index (Phi) is 6.51. The fourth-order valence-electron chi connectivity index (χ4n) is 1.11. The second kappa shape index (κ2) is 6.90. The van der Waals surface area contributed by atoms with Crippen molar-refractivity contribution >= 4 is 20.4 Å². The fourth-order valence-corrected chi connectivity index (χ4v) is 2.17. The van der Waals surface area contributed by atoms with Gasteiger partial charge in [0.1, 0.15) is 6.04 Å². The van der Waals surface area contributed by atoms with E-state index in [2.05, 4.69) is 43.9 Å². The summed E-state index contributed by atoms with van der Waals surface area (Å²) in [5.74, 6) is -1.09. The van der Waals surface area contributed by atoms with Crippen LogP contribution in [0.2, 0.25) is 18.1 Å². The van der Waals surface area contributed by atoms with E-state index in [4.69, 9.17) is 9.53 Å². The van der Waals surface area contributed by atoms with Gasteiger partial charge in [0.2, 0.25) is 0 Å². The first-order valence-electron chi connectivity index (χ1n) is 6.22. The number of carboxylic acid groups (broad SMARTS) is 1. The lowest BCUT2D eigenvalue weighted by Crippen LogP contribution is -2.44. The van der Waals surface area contributed by atoms with Crippen molar-refractivity contribution < 1.29 is 23.9 Å². The fraction of sp³-hybridized carbons (Fsp3) is 0.833. The van der Waals surface area contributed by atoms with E-state index in [0.717, 1.165) is 0 Å². The van der Waals surface area contributed by atoms with Gasteiger partial charge in [-0.3, -0.25) is 0 Å². The molecule has 0 aliphatic rings. The Balaban J connectivity index is 4.36. The Morgan fingerprint density at radius 2 is 1.84 bits per heavy atom. The van der Waals surface area contributed by atoms with Gasteiger partial charge in [-0.15, -0.1) is 0 Å². The van der Waals surface area contributed by atoms with E-state index >= 15 is 0 Å². The summed E-state index contributed by atoms with van der Waals surface area (Å²) in [6.45, 7) is 10.8. The topological polar surface area (TPSA) is 84.9 Å². The first-order valence-corrected chi connectivity index (χ1v) is 9.13. The molecular weight excluding hydrogens is 266 g/mol. The number of rotatable bonds is 6. The Labute approximate surface area is 115 Å². The normalized spacial score (nSPS) is 13.8. The van der Waals surface area contributed by atoms with Crippen LogP contribution in [0, 0.1) is 0 Å². The smallest absolute Gasteiger partial charge is 0.407 e. The van der Waals surface area contributed by atoms with Crippen LogP contribution in [-0.4, -0.2) is 45.2 Å². The zero-order valence-corrected chi connectivity index (χ0v) is 13.6. The van der Waals surface area contributed by atoms with Gasteiger partial charge in [0.15, 0.2) is 8.32 Å². The van der Waals surface area contributed by atoms with Crippen LogP contribution < -0.4 is 5.32 Å². The molecule has 6 nitrogen and oxygen atoms in total. The number of ether oxygens (including phenoxy) is 1. The molecule has 0 aromatic carbocycles. The highest BCUT2D eigenvalue weighted by Crippen LogP contribution is 2.36. The maximum atomic E-state index is 11.0. The van der Waals surface area contributed by atoms with Crippen molar-refractivity contribution in [1.82, 2.24) is 5.32 Å². The number of alkyl carbamates (subject to hydrolysis) is 1. The number of carboxylic acids is 1. The van der Waals surface area contributed by atoms with Gasteiger partial charge >= 0.3 is 12.1 Å². The third kappa shape index (κ3) is 6.06. The van der Waals surface area contributed by atoms with E-state index < -0.39 is 26.4 Å². The number of aliphatic carboxylic acids is 1. The van der Waals surface area contributed by atoms with Crippen molar-refractivity contribution in [3.63, 3.8) is 0 Å². The lowest BCUT2D eigenvalue weighted by Gasteiger charge is -2.36. The van der Waals surface area contributed by atoms with E-state index in [0.29, 0.717) is 6.61 Å². The zero-order valence-electron chi connectivity index (χ0n) is 12.6. The number of carbonyl (C=O) groups excluding carboxylic acids is 1. The predicted octanol–water partition coefficient (Wildman–Crippen LogP) is 2.21. The molecule has 0 aliphatic heterocycles. The van der Waals surface area contributed by atoms with Crippen molar-refractivity contribution in [1.29, 1.82) is 0 Å². The Morgan fingerprint density at radius 1 is 1.32 bits per heavy atom. The summed E-state index contributed by atoms with van der Waals surface area (Å²) < 4.78 is 10.3. The van der Waals surface area contributed by atoms with E-state index in [-0.39, 0.29) is 11.5 Å². The predicted molar refractivity (Wildman–Crippen MR) is 74.7 cm³/mol. The van der Waals surface area contributed by atoms with Gasteiger partial charge in [-0.1, -0.05) is 20.8 Å². The monoisotopic (exact) mass is 291 g/mol. The molecule has 0 rings (SSSR count). The Morgan fingerprint density at radius 3 is 2.21 bits per heavy atom. The second-order valence-corrected chi connectivity index (χ2v) is 10.7. The average Bonchev–Trinajstić information content (AvgIpc) is 2.25. The third-order valence-corrected chi connectivity index (χ3v) is 7.99. The molecule has 0 fully saturated rings. The van der Waals surface area contributed by atoms with Crippen LogP contribution in [0.3, 0.4) is 0 Å². The summed E-state index contributed by atoms with van der Waals surface area (Å²) in [5.41, 5.74) is 0. The average molecular weight is 291 g/mol. The van der Waals surface area contributed by atoms with Crippen molar-refractivity contribution in [2.24, 2.45) is 0 Å². The minimum Gasteiger partial charge on any atom is -0.480 e. The van der Waals surface area contributed by atoms with Crippen LogP contribution in [0.15, 0.2) is 0 Å². The molecule has 0 unspecified atom stereocenters. The van der Waals surface area contributed by atoms with Crippen LogP contribution in [-0.2, 0) is 14.0 Å². The van der Waals surface area contributed by atoms with Gasteiger partial charge in [-0.2, -0.15) is 0 Å². The van der Waals surface area contributed by atoms with Gasteiger partial charge in [0.05, 0.1) is 7.11 Å². The van der Waals surface area contributed by atoms with Gasteiger partial charge in [0.25, 0.3) is 0 Å². The standard InChI is InChI=1S/C12H25NO5Si/c1-12(2,3)19(5,6)18-8-7-9(10(14)15)13-11(16)17-4/h9H,7-8H2,1-6H3,(H,13,16)(H,14,15)/t9-/m0/s1. The van der Waals surface area contributed by atoms with Crippen LogP contribution in [0.4, 0.5) is 4.79 Å². The molecule has 1 atom stereocenters. The number of nitrogens with one attached hydrogen (secondary N) is 1. The lowest BCUT2D eigenvalue weighted by atomic mass is 10.2. The molecular formula is C12H25NO5Si. The van der Waals surface area contributed by atoms with Crippen molar-refractivity contribution in [3.8, 4) is 0 Å². The first kappa shape index (κ1) is 17.9. The number of amides is 1. The molecule has 0 bridgehead atoms. The molecule has 2 N–H and O–H groups in total. The summed E-state index contributed by atoms with van der Waals surface area (Å²) in [4.78, 5) is 22.0. The molecule has 0 saturated carbocycles. The summed E-state index contributed by atoms with van der Waals surface area (Å²) in [7, 11) is -0.697. The highest BCUT2D eigenvalue weighted by atomic mass is 28.4. The van der Waals surface area contributed by atoms with Crippen LogP contribution in [0.1, 0.15) is 27.2 Å². The molecule has 0 aromatic rings. The van der Waals surface area contributed by atoms with Gasteiger partial charge in [0, 0.05) is 13.0 Å². The Bertz CT molecular complexity index is 325. The molecule has 0 heterocycles. The molecule has 0 aliphatic carbocycles. The van der Waals surface area contributed by atoms with Crippen molar-refractivity contribution in [2.75, 3.05) is 13.7 Å². The highest BCUT2D eigenvalue weighted by molar-refractivity contribution is 6.74. The van der Waals surface area contributed by atoms with E-state index in [1.54, 1.807) is 0 Å². The molecule has 1 amide bonds. The number of carbonyl (C=O) groups is 2. The molecule has 0 spiro atoms. The highest BCUT2D eigenvalue weighted by Gasteiger charge is 2.37. The molecule has 0 aromatic heterocycles. The van der Waals surface area contributed by atoms with Crippen molar-refractivity contribution in [3.05, 3.63) is 0 Å².